The van der Waals surface area contributed by atoms with Crippen LogP contribution in [0.3, 0.4) is 0 Å². The molecule has 0 aliphatic rings. The SMILES string of the molecule is CCOC(=O)CC(=O)OC.[2H]C([2H])([2H])n1c(=O)c(C(=O)OCC)c(O)c2c(Cl)cccc21.[2H]C([2H])([2H])n1c(=O)oc(=O)c2c(Cl)cccc21. The molecule has 0 spiro atoms. The van der Waals surface area contributed by atoms with Crippen LogP contribution in [0.25, 0.3) is 21.8 Å². The second-order valence-electron chi connectivity index (χ2n) is 7.90. The van der Waals surface area contributed by atoms with E-state index in [1.54, 1.807) is 6.92 Å². The molecule has 13 nitrogen and oxygen atoms in total. The van der Waals surface area contributed by atoms with Crippen molar-refractivity contribution in [1.82, 2.24) is 9.13 Å². The van der Waals surface area contributed by atoms with Crippen LogP contribution < -0.4 is 16.9 Å². The molecule has 15 heteroatoms. The van der Waals surface area contributed by atoms with Crippen LogP contribution in [-0.2, 0) is 37.8 Å². The molecule has 230 valence electrons. The fourth-order valence-corrected chi connectivity index (χ4v) is 3.85. The summed E-state index contributed by atoms with van der Waals surface area (Å²) in [4.78, 5) is 68.0. The van der Waals surface area contributed by atoms with Crippen LogP contribution in [0.5, 0.6) is 5.75 Å². The molecular formula is C28H28Cl2N2O11. The highest BCUT2D eigenvalue weighted by Crippen LogP contribution is 2.32. The highest BCUT2D eigenvalue weighted by molar-refractivity contribution is 6.36. The van der Waals surface area contributed by atoms with Gasteiger partial charge in [0.05, 0.1) is 46.8 Å². The number of aromatic hydroxyl groups is 1. The number of hydrogen-bond acceptors (Lipinski definition) is 11. The number of aryl methyl sites for hydroxylation is 2. The number of carbonyl (C=O) groups excluding carboxylic acids is 3. The lowest BCUT2D eigenvalue weighted by Crippen LogP contribution is -2.26. The smallest absolute Gasteiger partial charge is 0.422 e. The van der Waals surface area contributed by atoms with E-state index < -0.39 is 60.1 Å². The van der Waals surface area contributed by atoms with Crippen LogP contribution in [0.1, 0.15) is 38.9 Å². The van der Waals surface area contributed by atoms with Gasteiger partial charge in [0, 0.05) is 22.2 Å². The van der Waals surface area contributed by atoms with Gasteiger partial charge < -0.3 is 28.3 Å². The Balaban J connectivity index is 0.000000274. The summed E-state index contributed by atoms with van der Waals surface area (Å²) >= 11 is 11.8. The summed E-state index contributed by atoms with van der Waals surface area (Å²) in [5.41, 5.74) is -3.03. The van der Waals surface area contributed by atoms with Crippen molar-refractivity contribution in [1.29, 1.82) is 0 Å². The molecule has 2 aromatic heterocycles. The van der Waals surface area contributed by atoms with E-state index in [1.165, 1.54) is 50.4 Å². The van der Waals surface area contributed by atoms with Gasteiger partial charge in [0.1, 0.15) is 17.6 Å². The first-order valence-electron chi connectivity index (χ1n) is 15.0. The predicted octanol–water partition coefficient (Wildman–Crippen LogP) is 3.33. The molecule has 43 heavy (non-hydrogen) atoms. The molecule has 2 heterocycles. The minimum absolute atomic E-state index is 0.0125. The number of halogens is 2. The van der Waals surface area contributed by atoms with Crippen molar-refractivity contribution < 1.29 is 46.3 Å². The molecule has 0 saturated heterocycles. The molecule has 4 rings (SSSR count). The Morgan fingerprint density at radius 2 is 1.44 bits per heavy atom. The number of ether oxygens (including phenoxy) is 3. The average Bonchev–Trinajstić information content (AvgIpc) is 2.96. The Morgan fingerprint density at radius 3 is 1.98 bits per heavy atom. The maximum Gasteiger partial charge on any atom is 0.422 e. The van der Waals surface area contributed by atoms with Crippen LogP contribution in [-0.4, -0.2) is 52.5 Å². The van der Waals surface area contributed by atoms with Crippen molar-refractivity contribution in [3.63, 3.8) is 0 Å². The van der Waals surface area contributed by atoms with Crippen molar-refractivity contribution in [2.45, 2.75) is 20.3 Å². The Kier molecular flexibility index (Phi) is 9.43. The molecule has 0 amide bonds. The van der Waals surface area contributed by atoms with Gasteiger partial charge in [-0.25, -0.2) is 14.4 Å². The van der Waals surface area contributed by atoms with Gasteiger partial charge in [0.25, 0.3) is 5.56 Å². The van der Waals surface area contributed by atoms with Crippen LogP contribution >= 0.6 is 23.2 Å². The molecule has 0 unspecified atom stereocenters. The second-order valence-corrected chi connectivity index (χ2v) is 8.72. The van der Waals surface area contributed by atoms with Crippen LogP contribution in [0.15, 0.2) is 55.2 Å². The Morgan fingerprint density at radius 1 is 0.884 bits per heavy atom. The standard InChI is InChI=1S/C13H12ClNO4.C9H6ClNO3.C6H10O4/c1-3-19-13(18)10-11(16)9-7(14)5-4-6-8(9)15(2)12(10)17;1-11-6-4-2-3-5(10)7(6)8(12)14-9(11)13;1-3-10-6(8)4-5(7)9-2/h4-6,16H,3H2,1-2H3;2-4H,1H3;3-4H2,1-2H3/i2D3;1D3;. The number of aromatic nitrogens is 2. The Bertz CT molecular complexity index is 2050. The minimum atomic E-state index is -2.85. The fraction of sp³-hybridized carbons (Fsp3) is 0.286. The number of methoxy groups -OCH3 is 1. The van der Waals surface area contributed by atoms with E-state index in [4.69, 9.17) is 36.2 Å². The van der Waals surface area contributed by atoms with Crippen LogP contribution in [0, 0.1) is 0 Å². The first-order valence-corrected chi connectivity index (χ1v) is 12.8. The quantitative estimate of drug-likeness (QED) is 0.192. The zero-order chi connectivity index (χ0) is 37.4. The molecule has 0 fully saturated rings. The summed E-state index contributed by atoms with van der Waals surface area (Å²) in [7, 11) is 1.22. The average molecular weight is 645 g/mol. The predicted molar refractivity (Wildman–Crippen MR) is 158 cm³/mol. The molecule has 0 aliphatic heterocycles. The third-order valence-electron chi connectivity index (χ3n) is 5.22. The van der Waals surface area contributed by atoms with Crippen molar-refractivity contribution >= 4 is 62.9 Å². The number of carbonyl (C=O) groups is 3. The maximum absolute atomic E-state index is 12.4. The molecule has 0 radical (unpaired) electrons. The summed E-state index contributed by atoms with van der Waals surface area (Å²) < 4.78 is 62.8. The van der Waals surface area contributed by atoms with Crippen molar-refractivity contribution in [2.24, 2.45) is 14.0 Å². The number of fused-ring (bicyclic) bond motifs is 2. The lowest BCUT2D eigenvalue weighted by Gasteiger charge is -2.11. The zero-order valence-corrected chi connectivity index (χ0v) is 24.3. The maximum atomic E-state index is 12.4. The minimum Gasteiger partial charge on any atom is -0.506 e. The molecule has 0 atom stereocenters. The van der Waals surface area contributed by atoms with E-state index in [0.717, 1.165) is 0 Å². The Labute approximate surface area is 262 Å². The van der Waals surface area contributed by atoms with Gasteiger partial charge in [-0.2, -0.15) is 0 Å². The summed E-state index contributed by atoms with van der Waals surface area (Å²) in [6.07, 6.45) is -0.301. The fourth-order valence-electron chi connectivity index (χ4n) is 3.35. The molecule has 0 bridgehead atoms. The molecule has 4 aromatic rings. The number of benzene rings is 2. The normalized spacial score (nSPS) is 12.9. The van der Waals surface area contributed by atoms with Crippen LogP contribution in [0.2, 0.25) is 10.0 Å². The van der Waals surface area contributed by atoms with Gasteiger partial charge >= 0.3 is 29.3 Å². The zero-order valence-electron chi connectivity index (χ0n) is 28.8. The number of hydrogen-bond donors (Lipinski definition) is 1. The number of pyridine rings is 1. The van der Waals surface area contributed by atoms with E-state index >= 15 is 0 Å². The number of esters is 3. The topological polar surface area (TPSA) is 173 Å². The van der Waals surface area contributed by atoms with Gasteiger partial charge in [-0.1, -0.05) is 35.3 Å². The summed E-state index contributed by atoms with van der Waals surface area (Å²) in [6.45, 7) is -2.14. The lowest BCUT2D eigenvalue weighted by atomic mass is 10.1. The van der Waals surface area contributed by atoms with Crippen LogP contribution in [0.4, 0.5) is 0 Å². The monoisotopic (exact) mass is 644 g/mol. The molecule has 0 saturated carbocycles. The summed E-state index contributed by atoms with van der Waals surface area (Å²) in [5.74, 6) is -4.15. The lowest BCUT2D eigenvalue weighted by molar-refractivity contribution is -0.152. The first-order chi connectivity index (χ1) is 22.7. The van der Waals surface area contributed by atoms with E-state index in [1.807, 2.05) is 0 Å². The van der Waals surface area contributed by atoms with Crippen molar-refractivity contribution in [3.8, 4) is 5.75 Å². The van der Waals surface area contributed by atoms with Gasteiger partial charge in [-0.15, -0.1) is 0 Å². The van der Waals surface area contributed by atoms with Crippen molar-refractivity contribution in [3.05, 3.63) is 83.3 Å². The third kappa shape index (κ3) is 8.23. The molecule has 0 aliphatic carbocycles. The second kappa shape index (κ2) is 15.6. The molecule has 2 aromatic carbocycles. The first kappa shape index (κ1) is 26.0. The summed E-state index contributed by atoms with van der Waals surface area (Å²) in [5, 5.41) is 10.1. The van der Waals surface area contributed by atoms with Gasteiger partial charge in [-0.05, 0) is 38.1 Å². The third-order valence-corrected chi connectivity index (χ3v) is 5.85. The van der Waals surface area contributed by atoms with Crippen molar-refractivity contribution in [2.75, 3.05) is 20.3 Å². The van der Waals surface area contributed by atoms with E-state index in [-0.39, 0.29) is 51.5 Å². The van der Waals surface area contributed by atoms with Gasteiger partial charge in [-0.3, -0.25) is 19.0 Å². The Hall–Kier alpha value is -4.62. The number of rotatable bonds is 5. The van der Waals surface area contributed by atoms with Gasteiger partial charge in [0.2, 0.25) is 0 Å². The van der Waals surface area contributed by atoms with E-state index in [9.17, 15) is 33.9 Å². The largest absolute Gasteiger partial charge is 0.506 e. The van der Waals surface area contributed by atoms with E-state index in [2.05, 4.69) is 13.9 Å². The summed E-state index contributed by atoms with van der Waals surface area (Å²) in [6, 6.07) is 8.36. The van der Waals surface area contributed by atoms with E-state index in [0.29, 0.717) is 9.13 Å². The highest BCUT2D eigenvalue weighted by atomic mass is 35.5. The number of nitrogens with zero attached hydrogens (tertiary/aromatic N) is 2. The molecule has 1 N–H and O–H groups in total. The van der Waals surface area contributed by atoms with Gasteiger partial charge in [0.15, 0.2) is 5.56 Å². The highest BCUT2D eigenvalue weighted by Gasteiger charge is 2.23. The molecular weight excluding hydrogens is 611 g/mol.